The minimum atomic E-state index is -5.98. The van der Waals surface area contributed by atoms with Crippen molar-refractivity contribution in [2.75, 3.05) is 62.3 Å². The van der Waals surface area contributed by atoms with Gasteiger partial charge in [0.1, 0.15) is 5.75 Å². The average Bonchev–Trinajstić information content (AvgIpc) is 3.34. The standard InChI is InChI=1S/C54H64ClF3N2O7S3Si/c1-53(2,3)71(4,5)67-52(49-14-10-9-13-48(49)40-15-20-44(55)21-16-40)42-26-29-60(30-27-42)45-22-17-41(18-23-45)50(61)38-69(62,63)47-24-19-43(51(36-47)70(64,65)54(56,57)58)35-39(25-28-59-31-33-66-34-32-59)37-68-46-11-7-6-8-12-46/h6-24,36,39,42,52H,25-35,37-38H2,1-5H3/t39-,52+/m0/s1. The summed E-state index contributed by atoms with van der Waals surface area (Å²) >= 11 is 7.79. The molecule has 382 valence electrons. The molecule has 2 aliphatic rings. The summed E-state index contributed by atoms with van der Waals surface area (Å²) in [5.74, 6) is -1.40. The molecule has 0 aromatic heterocycles. The smallest absolute Gasteiger partial charge is 0.410 e. The number of piperidine rings is 1. The Kier molecular flexibility index (Phi) is 17.8. The fourth-order valence-corrected chi connectivity index (χ4v) is 13.8. The summed E-state index contributed by atoms with van der Waals surface area (Å²) in [6.45, 7) is 15.9. The zero-order valence-corrected chi connectivity index (χ0v) is 45.2. The van der Waals surface area contributed by atoms with E-state index in [2.05, 4.69) is 61.9 Å². The largest absolute Gasteiger partial charge is 0.501 e. The Labute approximate surface area is 428 Å². The van der Waals surface area contributed by atoms with Crippen LogP contribution in [0.15, 0.2) is 136 Å². The van der Waals surface area contributed by atoms with Gasteiger partial charge in [-0.2, -0.15) is 13.2 Å². The van der Waals surface area contributed by atoms with Crippen LogP contribution in [0.3, 0.4) is 0 Å². The molecule has 9 nitrogen and oxygen atoms in total. The van der Waals surface area contributed by atoms with Gasteiger partial charge in [0.25, 0.3) is 9.84 Å². The lowest BCUT2D eigenvalue weighted by molar-refractivity contribution is -0.0436. The summed E-state index contributed by atoms with van der Waals surface area (Å²) in [7, 11) is -12.8. The molecule has 2 fully saturated rings. The molecule has 0 saturated carbocycles. The number of ether oxygens (including phenoxy) is 1. The summed E-state index contributed by atoms with van der Waals surface area (Å²) in [4.78, 5) is 17.2. The lowest BCUT2D eigenvalue weighted by Crippen LogP contribution is -2.45. The van der Waals surface area contributed by atoms with Crippen LogP contribution in [-0.4, -0.2) is 98.8 Å². The Morgan fingerprint density at radius 1 is 0.831 bits per heavy atom. The molecule has 7 rings (SSSR count). The number of nitrogens with zero attached hydrogens (tertiary/aromatic N) is 2. The van der Waals surface area contributed by atoms with Gasteiger partial charge < -0.3 is 14.1 Å². The molecule has 17 heteroatoms. The van der Waals surface area contributed by atoms with Crippen LogP contribution in [-0.2, 0) is 35.3 Å². The molecule has 0 bridgehead atoms. The van der Waals surface area contributed by atoms with Crippen molar-refractivity contribution in [2.45, 2.75) is 90.9 Å². The van der Waals surface area contributed by atoms with Crippen molar-refractivity contribution in [1.82, 2.24) is 4.90 Å². The molecule has 2 aliphatic heterocycles. The number of anilines is 1. The molecule has 0 unspecified atom stereocenters. The van der Waals surface area contributed by atoms with E-state index in [1.807, 2.05) is 60.7 Å². The van der Waals surface area contributed by atoms with Crippen LogP contribution in [0.25, 0.3) is 11.1 Å². The number of hydrogen-bond acceptors (Lipinski definition) is 10. The van der Waals surface area contributed by atoms with Gasteiger partial charge in [-0.15, -0.1) is 11.8 Å². The van der Waals surface area contributed by atoms with Crippen LogP contribution >= 0.6 is 23.4 Å². The molecule has 2 saturated heterocycles. The van der Waals surface area contributed by atoms with Gasteiger partial charge in [0.15, 0.2) is 23.9 Å². The molecule has 0 N–H and O–H groups in total. The summed E-state index contributed by atoms with van der Waals surface area (Å²) in [5, 5.41) is 0.651. The lowest BCUT2D eigenvalue weighted by Gasteiger charge is -2.44. The van der Waals surface area contributed by atoms with Gasteiger partial charge in [0.2, 0.25) is 0 Å². The number of ketones is 1. The predicted octanol–water partition coefficient (Wildman–Crippen LogP) is 12.6. The molecule has 0 amide bonds. The Morgan fingerprint density at radius 2 is 1.46 bits per heavy atom. The molecule has 5 aromatic carbocycles. The molecule has 0 radical (unpaired) electrons. The SMILES string of the molecule is CC(C)(C)[Si](C)(C)O[C@@H](c1ccccc1-c1ccc(Cl)cc1)C1CCN(c2ccc(C(=O)CS(=O)(=O)c3ccc(C[C@H](CCN4CCOCC4)CSc4ccccc4)c(S(=O)(=O)C(F)(F)F)c3)cc2)CC1. The zero-order chi connectivity index (χ0) is 51.2. The number of thioether (sulfide) groups is 1. The fourth-order valence-electron chi connectivity index (χ4n) is 8.95. The first-order chi connectivity index (χ1) is 33.5. The Bertz CT molecular complexity index is 2820. The Morgan fingerprint density at radius 3 is 2.10 bits per heavy atom. The Hall–Kier alpha value is -4.00. The first-order valence-corrected chi connectivity index (χ1v) is 31.5. The monoisotopic (exact) mass is 1070 g/mol. The van der Waals surface area contributed by atoms with Gasteiger partial charge in [0.05, 0.1) is 29.1 Å². The van der Waals surface area contributed by atoms with E-state index in [4.69, 9.17) is 20.8 Å². The molecule has 5 aromatic rings. The summed E-state index contributed by atoms with van der Waals surface area (Å²) in [6, 6.07) is 35.3. The third-order valence-electron chi connectivity index (χ3n) is 14.2. The van der Waals surface area contributed by atoms with Crippen molar-refractivity contribution >= 4 is 62.8 Å². The van der Waals surface area contributed by atoms with Crippen LogP contribution in [0.4, 0.5) is 18.9 Å². The molecule has 0 aliphatic carbocycles. The van der Waals surface area contributed by atoms with Crippen molar-refractivity contribution in [3.63, 3.8) is 0 Å². The van der Waals surface area contributed by atoms with E-state index in [0.29, 0.717) is 69.2 Å². The second-order valence-corrected chi connectivity index (χ2v) is 30.3. The van der Waals surface area contributed by atoms with Gasteiger partial charge in [-0.05, 0) is 145 Å². The van der Waals surface area contributed by atoms with Crippen LogP contribution in [0.1, 0.15) is 67.6 Å². The first kappa shape index (κ1) is 54.8. The highest BCUT2D eigenvalue weighted by molar-refractivity contribution is 7.99. The lowest BCUT2D eigenvalue weighted by atomic mass is 9.84. The summed E-state index contributed by atoms with van der Waals surface area (Å²) in [5.41, 5.74) is -1.55. The number of morpholine rings is 1. The van der Waals surface area contributed by atoms with E-state index >= 15 is 0 Å². The molecular formula is C54H64ClF3N2O7S3Si. The maximum absolute atomic E-state index is 14.3. The summed E-state index contributed by atoms with van der Waals surface area (Å²) in [6.07, 6.45) is 2.03. The maximum atomic E-state index is 14.3. The second-order valence-electron chi connectivity index (χ2n) is 20.1. The van der Waals surface area contributed by atoms with Crippen LogP contribution in [0, 0.1) is 11.8 Å². The third-order valence-corrected chi connectivity index (χ3v) is 23.3. The highest BCUT2D eigenvalue weighted by Gasteiger charge is 2.48. The quantitative estimate of drug-likeness (QED) is 0.0450. The number of halogens is 4. The van der Waals surface area contributed by atoms with Crippen molar-refractivity contribution in [3.05, 3.63) is 143 Å². The number of benzene rings is 5. The molecule has 2 heterocycles. The van der Waals surface area contributed by atoms with E-state index < -0.39 is 54.8 Å². The number of rotatable bonds is 19. The highest BCUT2D eigenvalue weighted by atomic mass is 35.5. The van der Waals surface area contributed by atoms with E-state index in [1.165, 1.54) is 11.8 Å². The highest BCUT2D eigenvalue weighted by Crippen LogP contribution is 2.46. The van der Waals surface area contributed by atoms with Crippen LogP contribution < -0.4 is 4.90 Å². The van der Waals surface area contributed by atoms with E-state index in [1.54, 1.807) is 24.3 Å². The number of carbonyl (C=O) groups excluding carboxylic acids is 1. The topological polar surface area (TPSA) is 110 Å². The van der Waals surface area contributed by atoms with E-state index in [0.717, 1.165) is 52.2 Å². The molecule has 2 atom stereocenters. The first-order valence-electron chi connectivity index (χ1n) is 24.1. The van der Waals surface area contributed by atoms with Gasteiger partial charge in [-0.25, -0.2) is 16.8 Å². The average molecular weight is 1070 g/mol. The fraction of sp³-hybridized carbons (Fsp3) is 0.426. The van der Waals surface area contributed by atoms with Crippen molar-refractivity contribution in [3.8, 4) is 11.1 Å². The third kappa shape index (κ3) is 13.8. The molecule has 71 heavy (non-hydrogen) atoms. The van der Waals surface area contributed by atoms with Gasteiger partial charge in [0, 0.05) is 53.1 Å². The Balaban J connectivity index is 1.06. The van der Waals surface area contributed by atoms with Crippen molar-refractivity contribution in [1.29, 1.82) is 0 Å². The molecule has 0 spiro atoms. The number of alkyl halides is 3. The minimum absolute atomic E-state index is 0.0173. The number of hydrogen-bond donors (Lipinski definition) is 0. The van der Waals surface area contributed by atoms with E-state index in [9.17, 15) is 34.8 Å². The van der Waals surface area contributed by atoms with Gasteiger partial charge in [-0.3, -0.25) is 9.69 Å². The summed E-state index contributed by atoms with van der Waals surface area (Å²) < 4.78 is 110. The number of carbonyl (C=O) groups is 1. The van der Waals surface area contributed by atoms with Crippen LogP contribution in [0.5, 0.6) is 0 Å². The van der Waals surface area contributed by atoms with Crippen LogP contribution in [0.2, 0.25) is 23.2 Å². The number of Topliss-reactive ketones (excluding diaryl/α,β-unsaturated/α-hetero) is 1. The van der Waals surface area contributed by atoms with Gasteiger partial charge in [-0.1, -0.05) is 93.0 Å². The van der Waals surface area contributed by atoms with Crippen molar-refractivity contribution in [2.24, 2.45) is 11.8 Å². The minimum Gasteiger partial charge on any atom is -0.410 e. The van der Waals surface area contributed by atoms with E-state index in [-0.39, 0.29) is 40.5 Å². The second kappa shape index (κ2) is 23.0. The number of sulfone groups is 2. The molecular weight excluding hydrogens is 1010 g/mol. The maximum Gasteiger partial charge on any atom is 0.501 e. The zero-order valence-electron chi connectivity index (χ0n) is 41.0. The predicted molar refractivity (Wildman–Crippen MR) is 282 cm³/mol. The van der Waals surface area contributed by atoms with Crippen molar-refractivity contribution < 1.29 is 44.0 Å². The van der Waals surface area contributed by atoms with Gasteiger partial charge >= 0.3 is 5.51 Å². The normalized spacial score (nSPS) is 16.7.